The fourth-order valence-corrected chi connectivity index (χ4v) is 4.60. The Morgan fingerprint density at radius 2 is 1.73 bits per heavy atom. The van der Waals surface area contributed by atoms with E-state index in [1.165, 1.54) is 4.90 Å². The molecule has 4 nitrogen and oxygen atoms in total. The van der Waals surface area contributed by atoms with Crippen molar-refractivity contribution in [2.24, 2.45) is 0 Å². The summed E-state index contributed by atoms with van der Waals surface area (Å²) >= 11 is 7.30. The number of amides is 2. The van der Waals surface area contributed by atoms with Gasteiger partial charge in [-0.2, -0.15) is 0 Å². The number of halogens is 1. The molecule has 30 heavy (non-hydrogen) atoms. The third-order valence-electron chi connectivity index (χ3n) is 5.23. The number of hydrogen-bond donors (Lipinski definition) is 0. The van der Waals surface area contributed by atoms with Crippen LogP contribution in [-0.2, 0) is 11.3 Å². The number of imide groups is 1. The van der Waals surface area contributed by atoms with Gasteiger partial charge in [0.2, 0.25) is 0 Å². The molecule has 4 rings (SSSR count). The number of nitrogens with zero attached hydrogens (tertiary/aromatic N) is 2. The van der Waals surface area contributed by atoms with Gasteiger partial charge in [0.1, 0.15) is 0 Å². The minimum absolute atomic E-state index is 0.241. The van der Waals surface area contributed by atoms with E-state index in [4.69, 9.17) is 11.6 Å². The molecule has 0 bridgehead atoms. The van der Waals surface area contributed by atoms with E-state index in [1.807, 2.05) is 81.4 Å². The lowest BCUT2D eigenvalue weighted by Crippen LogP contribution is -2.27. The van der Waals surface area contributed by atoms with Gasteiger partial charge < -0.3 is 4.57 Å². The fourth-order valence-electron chi connectivity index (χ4n) is 3.60. The minimum Gasteiger partial charge on any atom is -0.318 e. The molecule has 0 aliphatic carbocycles. The third-order valence-corrected chi connectivity index (χ3v) is 6.54. The summed E-state index contributed by atoms with van der Waals surface area (Å²) in [5, 5.41) is 0.470. The number of carbonyl (C=O) groups excluding carboxylic acids is 2. The normalized spacial score (nSPS) is 15.5. The first-order valence-corrected chi connectivity index (χ1v) is 10.8. The number of rotatable bonds is 4. The lowest BCUT2D eigenvalue weighted by atomic mass is 10.2. The second kappa shape index (κ2) is 8.17. The largest absolute Gasteiger partial charge is 0.318 e. The molecule has 2 amide bonds. The SMILES string of the molecule is Cc1ccc(-n2c(C)cc(/C=C3\SC(=O)N(Cc4ccccc4)C3=O)c2C)cc1Cl. The van der Waals surface area contributed by atoms with E-state index in [-0.39, 0.29) is 17.7 Å². The van der Waals surface area contributed by atoms with E-state index in [9.17, 15) is 9.59 Å². The molecular weight excluding hydrogens is 416 g/mol. The Labute approximate surface area is 185 Å². The first-order valence-electron chi connectivity index (χ1n) is 9.60. The van der Waals surface area contributed by atoms with E-state index < -0.39 is 0 Å². The average molecular weight is 437 g/mol. The quantitative estimate of drug-likeness (QED) is 0.451. The molecule has 1 aliphatic heterocycles. The number of aryl methyl sites for hydroxylation is 2. The van der Waals surface area contributed by atoms with Crippen LogP contribution in [0.5, 0.6) is 0 Å². The maximum atomic E-state index is 12.9. The molecular formula is C24H21ClN2O2S. The summed E-state index contributed by atoms with van der Waals surface area (Å²) in [6, 6.07) is 17.5. The topological polar surface area (TPSA) is 42.3 Å². The van der Waals surface area contributed by atoms with Crippen LogP contribution in [0.4, 0.5) is 4.79 Å². The van der Waals surface area contributed by atoms with Crippen LogP contribution in [0.2, 0.25) is 5.02 Å². The number of carbonyl (C=O) groups is 2. The van der Waals surface area contributed by atoms with Gasteiger partial charge in [-0.1, -0.05) is 48.0 Å². The molecule has 3 aromatic rings. The molecule has 0 saturated carbocycles. The first kappa shape index (κ1) is 20.5. The van der Waals surface area contributed by atoms with Crippen molar-refractivity contribution in [3.8, 4) is 5.69 Å². The van der Waals surface area contributed by atoms with Gasteiger partial charge in [0.15, 0.2) is 0 Å². The summed E-state index contributed by atoms with van der Waals surface area (Å²) in [6.45, 7) is 6.27. The van der Waals surface area contributed by atoms with E-state index in [2.05, 4.69) is 4.57 Å². The number of aromatic nitrogens is 1. The number of thioether (sulfide) groups is 1. The van der Waals surface area contributed by atoms with Crippen molar-refractivity contribution in [2.45, 2.75) is 27.3 Å². The number of benzene rings is 2. The molecule has 0 spiro atoms. The highest BCUT2D eigenvalue weighted by Gasteiger charge is 2.35. The van der Waals surface area contributed by atoms with Crippen LogP contribution in [-0.4, -0.2) is 20.6 Å². The second-order valence-corrected chi connectivity index (χ2v) is 8.75. The van der Waals surface area contributed by atoms with Crippen molar-refractivity contribution in [1.82, 2.24) is 9.47 Å². The fraction of sp³-hybridized carbons (Fsp3) is 0.167. The zero-order valence-corrected chi connectivity index (χ0v) is 18.6. The van der Waals surface area contributed by atoms with Gasteiger partial charge in [0.05, 0.1) is 11.4 Å². The molecule has 1 fully saturated rings. The van der Waals surface area contributed by atoms with Gasteiger partial charge in [-0.25, -0.2) is 0 Å². The average Bonchev–Trinajstić information content (AvgIpc) is 3.15. The maximum absolute atomic E-state index is 12.9. The van der Waals surface area contributed by atoms with Crippen molar-refractivity contribution < 1.29 is 9.59 Å². The zero-order chi connectivity index (χ0) is 21.4. The van der Waals surface area contributed by atoms with Gasteiger partial charge in [-0.15, -0.1) is 0 Å². The van der Waals surface area contributed by atoms with E-state index in [0.29, 0.717) is 9.93 Å². The van der Waals surface area contributed by atoms with E-state index in [0.717, 1.165) is 45.5 Å². The molecule has 0 radical (unpaired) electrons. The third kappa shape index (κ3) is 3.83. The van der Waals surface area contributed by atoms with E-state index >= 15 is 0 Å². The van der Waals surface area contributed by atoms with Gasteiger partial charge in [-0.3, -0.25) is 14.5 Å². The molecule has 1 aromatic heterocycles. The Morgan fingerprint density at radius 1 is 1.00 bits per heavy atom. The summed E-state index contributed by atoms with van der Waals surface area (Å²) in [4.78, 5) is 27.1. The Balaban J connectivity index is 1.64. The summed E-state index contributed by atoms with van der Waals surface area (Å²) in [6.07, 6.45) is 1.81. The Hall–Kier alpha value is -2.76. The molecule has 1 aliphatic rings. The number of hydrogen-bond acceptors (Lipinski definition) is 3. The molecule has 1 saturated heterocycles. The molecule has 2 aromatic carbocycles. The smallest absolute Gasteiger partial charge is 0.293 e. The van der Waals surface area contributed by atoms with Gasteiger partial charge >= 0.3 is 0 Å². The van der Waals surface area contributed by atoms with Crippen LogP contribution in [0.25, 0.3) is 11.8 Å². The lowest BCUT2D eigenvalue weighted by molar-refractivity contribution is -0.123. The van der Waals surface area contributed by atoms with Gasteiger partial charge in [-0.05, 0) is 73.5 Å². The highest BCUT2D eigenvalue weighted by Crippen LogP contribution is 2.35. The second-order valence-electron chi connectivity index (χ2n) is 7.35. The van der Waals surface area contributed by atoms with Crippen LogP contribution in [0.15, 0.2) is 59.5 Å². The summed E-state index contributed by atoms with van der Waals surface area (Å²) in [5.41, 5.74) is 5.85. The van der Waals surface area contributed by atoms with Crippen molar-refractivity contribution in [1.29, 1.82) is 0 Å². The summed E-state index contributed by atoms with van der Waals surface area (Å²) < 4.78 is 2.10. The molecule has 0 atom stereocenters. The highest BCUT2D eigenvalue weighted by atomic mass is 35.5. The minimum atomic E-state index is -0.253. The van der Waals surface area contributed by atoms with Crippen LogP contribution in [0.3, 0.4) is 0 Å². The standard InChI is InChI=1S/C24H21ClN2O2S/c1-15-9-10-20(13-21(15)25)27-16(2)11-19(17(27)3)12-22-23(28)26(24(29)30-22)14-18-7-5-4-6-8-18/h4-13H,14H2,1-3H3/b22-12-. The molecule has 6 heteroatoms. The van der Waals surface area contributed by atoms with Crippen LogP contribution in [0.1, 0.15) is 28.1 Å². The van der Waals surface area contributed by atoms with Crippen molar-refractivity contribution in [3.63, 3.8) is 0 Å². The van der Waals surface area contributed by atoms with Crippen molar-refractivity contribution in [3.05, 3.63) is 92.6 Å². The van der Waals surface area contributed by atoms with Crippen LogP contribution >= 0.6 is 23.4 Å². The van der Waals surface area contributed by atoms with Gasteiger partial charge in [0, 0.05) is 22.1 Å². The maximum Gasteiger partial charge on any atom is 0.293 e. The van der Waals surface area contributed by atoms with Crippen molar-refractivity contribution >= 4 is 40.6 Å². The van der Waals surface area contributed by atoms with Crippen LogP contribution in [0, 0.1) is 20.8 Å². The summed E-state index contributed by atoms with van der Waals surface area (Å²) in [7, 11) is 0. The first-order chi connectivity index (χ1) is 14.3. The van der Waals surface area contributed by atoms with Crippen LogP contribution < -0.4 is 0 Å². The lowest BCUT2D eigenvalue weighted by Gasteiger charge is -2.12. The zero-order valence-electron chi connectivity index (χ0n) is 17.0. The van der Waals surface area contributed by atoms with Crippen molar-refractivity contribution in [2.75, 3.05) is 0 Å². The van der Waals surface area contributed by atoms with E-state index in [1.54, 1.807) is 0 Å². The highest BCUT2D eigenvalue weighted by molar-refractivity contribution is 8.18. The predicted octanol–water partition coefficient (Wildman–Crippen LogP) is 6.29. The monoisotopic (exact) mass is 436 g/mol. The Kier molecular flexibility index (Phi) is 5.58. The molecule has 0 N–H and O–H groups in total. The predicted molar refractivity (Wildman–Crippen MR) is 123 cm³/mol. The summed E-state index contributed by atoms with van der Waals surface area (Å²) in [5.74, 6) is -0.253. The Bertz CT molecular complexity index is 1180. The van der Waals surface area contributed by atoms with Gasteiger partial charge in [0.25, 0.3) is 11.1 Å². The Morgan fingerprint density at radius 3 is 2.43 bits per heavy atom. The molecule has 152 valence electrons. The molecule has 2 heterocycles. The molecule has 0 unspecified atom stereocenters.